The second-order valence-electron chi connectivity index (χ2n) is 5.62. The molecule has 1 amide bonds. The van der Waals surface area contributed by atoms with Gasteiger partial charge in [-0.1, -0.05) is 23.7 Å². The highest BCUT2D eigenvalue weighted by Crippen LogP contribution is 2.23. The summed E-state index contributed by atoms with van der Waals surface area (Å²) in [5.74, 6) is -4.62. The summed E-state index contributed by atoms with van der Waals surface area (Å²) < 4.78 is 40.1. The zero-order valence-corrected chi connectivity index (χ0v) is 14.5. The molecule has 3 rings (SSSR count). The normalized spacial score (nSPS) is 10.5. The maximum atomic E-state index is 13.8. The average Bonchev–Trinajstić information content (AvgIpc) is 2.68. The third-order valence-corrected chi connectivity index (χ3v) is 3.93. The van der Waals surface area contributed by atoms with Crippen molar-refractivity contribution in [1.82, 2.24) is 10.3 Å². The van der Waals surface area contributed by atoms with Crippen LogP contribution in [0, 0.1) is 17.5 Å². The van der Waals surface area contributed by atoms with E-state index in [9.17, 15) is 18.0 Å². The van der Waals surface area contributed by atoms with Crippen LogP contribution in [0.15, 0.2) is 54.9 Å². The van der Waals surface area contributed by atoms with Gasteiger partial charge in [-0.3, -0.25) is 9.78 Å². The fourth-order valence-electron chi connectivity index (χ4n) is 2.30. The van der Waals surface area contributed by atoms with Crippen molar-refractivity contribution in [1.29, 1.82) is 0 Å². The monoisotopic (exact) mass is 391 g/mol. The van der Waals surface area contributed by atoms with Crippen molar-refractivity contribution < 1.29 is 18.0 Å². The zero-order valence-electron chi connectivity index (χ0n) is 13.8. The number of hydrogen-bond acceptors (Lipinski definition) is 3. The Hall–Kier alpha value is -3.06. The van der Waals surface area contributed by atoms with E-state index in [1.807, 2.05) is 0 Å². The highest BCUT2D eigenvalue weighted by atomic mass is 35.5. The van der Waals surface area contributed by atoms with Gasteiger partial charge in [0.2, 0.25) is 0 Å². The van der Waals surface area contributed by atoms with E-state index in [1.54, 1.807) is 24.3 Å². The molecule has 0 aliphatic carbocycles. The maximum Gasteiger partial charge on any atom is 0.253 e. The molecule has 138 valence electrons. The Labute approximate surface area is 158 Å². The summed E-state index contributed by atoms with van der Waals surface area (Å²) in [5, 5.41) is 5.89. The fraction of sp³-hybridized carbons (Fsp3) is 0.0526. The quantitative estimate of drug-likeness (QED) is 0.613. The summed E-state index contributed by atoms with van der Waals surface area (Å²) in [6, 6.07) is 10.3. The third-order valence-electron chi connectivity index (χ3n) is 3.68. The van der Waals surface area contributed by atoms with Gasteiger partial charge in [-0.25, -0.2) is 13.2 Å². The number of anilines is 2. The van der Waals surface area contributed by atoms with Crippen LogP contribution in [-0.2, 0) is 6.54 Å². The Morgan fingerprint density at radius 2 is 1.74 bits per heavy atom. The van der Waals surface area contributed by atoms with Crippen molar-refractivity contribution in [3.05, 3.63) is 88.5 Å². The number of pyridine rings is 1. The van der Waals surface area contributed by atoms with Crippen LogP contribution in [0.2, 0.25) is 5.02 Å². The van der Waals surface area contributed by atoms with Crippen LogP contribution in [0.1, 0.15) is 15.9 Å². The van der Waals surface area contributed by atoms with Crippen molar-refractivity contribution in [3.63, 3.8) is 0 Å². The molecule has 0 fully saturated rings. The predicted molar refractivity (Wildman–Crippen MR) is 96.5 cm³/mol. The van der Waals surface area contributed by atoms with E-state index < -0.39 is 23.4 Å². The number of amides is 1. The first kappa shape index (κ1) is 18.7. The van der Waals surface area contributed by atoms with E-state index in [0.717, 1.165) is 17.7 Å². The van der Waals surface area contributed by atoms with E-state index in [4.69, 9.17) is 11.6 Å². The number of nitrogens with one attached hydrogen (secondary N) is 2. The number of hydrogen-bond donors (Lipinski definition) is 2. The highest BCUT2D eigenvalue weighted by molar-refractivity contribution is 6.30. The number of aromatic nitrogens is 1. The molecule has 3 aromatic rings. The minimum Gasteiger partial charge on any atom is -0.352 e. The van der Waals surface area contributed by atoms with E-state index in [-0.39, 0.29) is 23.5 Å². The lowest BCUT2D eigenvalue weighted by Gasteiger charge is -2.10. The second kappa shape index (κ2) is 8.09. The van der Waals surface area contributed by atoms with Gasteiger partial charge in [0.15, 0.2) is 17.5 Å². The SMILES string of the molecule is O=C(NCc1ccc(Cl)cc1)c1cncc(Nc2ccc(F)c(F)c2F)c1. The Balaban J connectivity index is 1.70. The van der Waals surface area contributed by atoms with E-state index in [1.165, 1.54) is 18.5 Å². The van der Waals surface area contributed by atoms with Crippen LogP contribution < -0.4 is 10.6 Å². The minimum absolute atomic E-state index is 0.219. The molecule has 1 aromatic heterocycles. The number of halogens is 4. The number of carbonyl (C=O) groups is 1. The lowest BCUT2D eigenvalue weighted by molar-refractivity contribution is 0.0950. The molecule has 0 saturated heterocycles. The first-order valence-electron chi connectivity index (χ1n) is 7.82. The Morgan fingerprint density at radius 1 is 1.00 bits per heavy atom. The molecule has 0 spiro atoms. The van der Waals surface area contributed by atoms with Crippen LogP contribution >= 0.6 is 11.6 Å². The Kier molecular flexibility index (Phi) is 5.61. The molecule has 0 unspecified atom stereocenters. The van der Waals surface area contributed by atoms with Crippen LogP contribution in [0.4, 0.5) is 24.5 Å². The smallest absolute Gasteiger partial charge is 0.253 e. The molecular weight excluding hydrogens is 379 g/mol. The number of nitrogens with zero attached hydrogens (tertiary/aromatic N) is 1. The predicted octanol–water partition coefficient (Wildman–Crippen LogP) is 4.83. The minimum atomic E-state index is -1.58. The molecule has 1 heterocycles. The van der Waals surface area contributed by atoms with Gasteiger partial charge in [-0.15, -0.1) is 0 Å². The summed E-state index contributed by atoms with van der Waals surface area (Å²) in [5.41, 5.74) is 1.06. The molecule has 0 radical (unpaired) electrons. The number of benzene rings is 2. The van der Waals surface area contributed by atoms with Gasteiger partial charge in [0.25, 0.3) is 5.91 Å². The van der Waals surface area contributed by atoms with Crippen LogP contribution in [0.3, 0.4) is 0 Å². The maximum absolute atomic E-state index is 13.8. The molecule has 0 atom stereocenters. The first-order valence-corrected chi connectivity index (χ1v) is 8.20. The van der Waals surface area contributed by atoms with Crippen LogP contribution in [0.5, 0.6) is 0 Å². The Bertz CT molecular complexity index is 980. The molecule has 0 saturated carbocycles. The van der Waals surface area contributed by atoms with Crippen molar-refractivity contribution >= 4 is 28.9 Å². The molecule has 2 aromatic carbocycles. The molecule has 0 aliphatic rings. The van der Waals surface area contributed by atoms with Gasteiger partial charge < -0.3 is 10.6 Å². The molecule has 27 heavy (non-hydrogen) atoms. The number of carbonyl (C=O) groups excluding carboxylic acids is 1. The van der Waals surface area contributed by atoms with Crippen LogP contribution in [0.25, 0.3) is 0 Å². The lowest BCUT2D eigenvalue weighted by Crippen LogP contribution is -2.23. The first-order chi connectivity index (χ1) is 12.9. The van der Waals surface area contributed by atoms with Gasteiger partial charge in [-0.05, 0) is 35.9 Å². The lowest BCUT2D eigenvalue weighted by atomic mass is 10.2. The molecular formula is C19H13ClF3N3O. The van der Waals surface area contributed by atoms with Gasteiger partial charge in [0.1, 0.15) is 0 Å². The molecule has 0 bridgehead atoms. The van der Waals surface area contributed by atoms with Gasteiger partial charge in [-0.2, -0.15) is 0 Å². The van der Waals surface area contributed by atoms with E-state index in [2.05, 4.69) is 15.6 Å². The molecule has 2 N–H and O–H groups in total. The fourth-order valence-corrected chi connectivity index (χ4v) is 2.42. The zero-order chi connectivity index (χ0) is 19.4. The Morgan fingerprint density at radius 3 is 2.48 bits per heavy atom. The van der Waals surface area contributed by atoms with Gasteiger partial charge in [0, 0.05) is 17.8 Å². The summed E-state index contributed by atoms with van der Waals surface area (Å²) in [7, 11) is 0. The number of rotatable bonds is 5. The van der Waals surface area contributed by atoms with E-state index in [0.29, 0.717) is 5.02 Å². The molecule has 0 aliphatic heterocycles. The van der Waals surface area contributed by atoms with Gasteiger partial charge >= 0.3 is 0 Å². The van der Waals surface area contributed by atoms with Crippen molar-refractivity contribution in [2.45, 2.75) is 6.54 Å². The molecule has 8 heteroatoms. The van der Waals surface area contributed by atoms with Crippen molar-refractivity contribution in [3.8, 4) is 0 Å². The van der Waals surface area contributed by atoms with E-state index >= 15 is 0 Å². The standard InChI is InChI=1S/C19H13ClF3N3O/c20-13-3-1-11(2-4-13)8-25-19(27)12-7-14(10-24-9-12)26-16-6-5-15(21)17(22)18(16)23/h1-7,9-10,26H,8H2,(H,25,27). The topological polar surface area (TPSA) is 54.0 Å². The third kappa shape index (κ3) is 4.57. The highest BCUT2D eigenvalue weighted by Gasteiger charge is 2.14. The van der Waals surface area contributed by atoms with Crippen molar-refractivity contribution in [2.24, 2.45) is 0 Å². The van der Waals surface area contributed by atoms with Gasteiger partial charge in [0.05, 0.1) is 23.1 Å². The molecule has 4 nitrogen and oxygen atoms in total. The summed E-state index contributed by atoms with van der Waals surface area (Å²) in [4.78, 5) is 16.2. The summed E-state index contributed by atoms with van der Waals surface area (Å²) in [6.45, 7) is 0.283. The second-order valence-corrected chi connectivity index (χ2v) is 6.06. The largest absolute Gasteiger partial charge is 0.352 e. The summed E-state index contributed by atoms with van der Waals surface area (Å²) >= 11 is 5.81. The van der Waals surface area contributed by atoms with Crippen molar-refractivity contribution in [2.75, 3.05) is 5.32 Å². The summed E-state index contributed by atoms with van der Waals surface area (Å²) in [6.07, 6.45) is 2.67. The van der Waals surface area contributed by atoms with Crippen LogP contribution in [-0.4, -0.2) is 10.9 Å². The average molecular weight is 392 g/mol.